The number of hydrogen-bond donors (Lipinski definition) is 0. The lowest BCUT2D eigenvalue weighted by atomic mass is 9.98. The van der Waals surface area contributed by atoms with Crippen LogP contribution in [0.3, 0.4) is 0 Å². The molecule has 1 aromatic heterocycles. The Balaban J connectivity index is 1.71. The van der Waals surface area contributed by atoms with Crippen LogP contribution in [0.1, 0.15) is 29.8 Å². The van der Waals surface area contributed by atoms with Gasteiger partial charge in [-0.15, -0.1) is 0 Å². The van der Waals surface area contributed by atoms with Gasteiger partial charge >= 0.3 is 0 Å². The summed E-state index contributed by atoms with van der Waals surface area (Å²) < 4.78 is 2.40. The molecule has 18 heavy (non-hydrogen) atoms. The van der Waals surface area contributed by atoms with Crippen molar-refractivity contribution >= 4 is 22.9 Å². The van der Waals surface area contributed by atoms with Crippen molar-refractivity contribution in [3.05, 3.63) is 23.3 Å². The maximum absolute atomic E-state index is 4.48. The van der Waals surface area contributed by atoms with Crippen molar-refractivity contribution in [2.45, 2.75) is 38.8 Å². The van der Waals surface area contributed by atoms with Crippen LogP contribution in [-0.4, -0.2) is 43.7 Å². The summed E-state index contributed by atoms with van der Waals surface area (Å²) in [4.78, 5) is 11.4. The standard InChI is InChI=1S/C13H19IN4/c1-10-12-4-5-17(8-13(12)16-9-15-10)11-2-6-18(14)7-3-11/h9,11H,2-8H2,1H3. The predicted molar refractivity (Wildman–Crippen MR) is 79.5 cm³/mol. The number of piperidine rings is 1. The van der Waals surface area contributed by atoms with E-state index < -0.39 is 0 Å². The molecule has 0 atom stereocenters. The van der Waals surface area contributed by atoms with Crippen LogP contribution in [0.25, 0.3) is 0 Å². The molecule has 1 fully saturated rings. The lowest BCUT2D eigenvalue weighted by molar-refractivity contribution is 0.131. The van der Waals surface area contributed by atoms with Crippen LogP contribution < -0.4 is 0 Å². The van der Waals surface area contributed by atoms with Gasteiger partial charge in [-0.3, -0.25) is 4.90 Å². The third-order valence-corrected chi connectivity index (χ3v) is 5.14. The molecule has 0 unspecified atom stereocenters. The molecule has 5 heteroatoms. The van der Waals surface area contributed by atoms with Crippen LogP contribution in [0.4, 0.5) is 0 Å². The molecule has 3 rings (SSSR count). The molecule has 0 bridgehead atoms. The molecule has 0 aromatic carbocycles. The quantitative estimate of drug-likeness (QED) is 0.568. The summed E-state index contributed by atoms with van der Waals surface area (Å²) in [6.45, 7) is 6.73. The van der Waals surface area contributed by atoms with Crippen molar-refractivity contribution in [1.29, 1.82) is 0 Å². The minimum absolute atomic E-state index is 0.749. The minimum atomic E-state index is 0.749. The molecule has 1 aromatic rings. The van der Waals surface area contributed by atoms with E-state index in [1.807, 2.05) is 0 Å². The molecule has 0 N–H and O–H groups in total. The van der Waals surface area contributed by atoms with E-state index in [9.17, 15) is 0 Å². The van der Waals surface area contributed by atoms with Crippen molar-refractivity contribution in [3.63, 3.8) is 0 Å². The van der Waals surface area contributed by atoms with Gasteiger partial charge < -0.3 is 0 Å². The van der Waals surface area contributed by atoms with E-state index >= 15 is 0 Å². The number of hydrogen-bond acceptors (Lipinski definition) is 4. The summed E-state index contributed by atoms with van der Waals surface area (Å²) in [5.74, 6) is 0. The second-order valence-electron chi connectivity index (χ2n) is 5.25. The first-order valence-electron chi connectivity index (χ1n) is 6.68. The number of rotatable bonds is 1. The Morgan fingerprint density at radius 3 is 2.78 bits per heavy atom. The van der Waals surface area contributed by atoms with Crippen LogP contribution in [0, 0.1) is 6.92 Å². The number of aromatic nitrogens is 2. The first-order chi connectivity index (χ1) is 8.74. The Kier molecular flexibility index (Phi) is 3.81. The van der Waals surface area contributed by atoms with Gasteiger partial charge in [0.2, 0.25) is 0 Å². The third kappa shape index (κ3) is 2.53. The molecule has 1 saturated heterocycles. The highest BCUT2D eigenvalue weighted by Crippen LogP contribution is 2.25. The van der Waals surface area contributed by atoms with Gasteiger partial charge in [-0.25, -0.2) is 13.1 Å². The summed E-state index contributed by atoms with van der Waals surface area (Å²) in [5.41, 5.74) is 3.81. The molecule has 0 radical (unpaired) electrons. The van der Waals surface area contributed by atoms with Gasteiger partial charge in [-0.2, -0.15) is 0 Å². The van der Waals surface area contributed by atoms with Gasteiger partial charge in [0.15, 0.2) is 0 Å². The van der Waals surface area contributed by atoms with E-state index in [2.05, 4.69) is 47.8 Å². The summed E-state index contributed by atoms with van der Waals surface area (Å²) in [5, 5.41) is 0. The molecule has 3 heterocycles. The van der Waals surface area contributed by atoms with Crippen molar-refractivity contribution in [3.8, 4) is 0 Å². The zero-order valence-electron chi connectivity index (χ0n) is 10.8. The van der Waals surface area contributed by atoms with Gasteiger partial charge in [-0.05, 0) is 31.7 Å². The predicted octanol–water partition coefficient (Wildman–Crippen LogP) is 1.96. The van der Waals surface area contributed by atoms with Crippen molar-refractivity contribution in [2.75, 3.05) is 19.6 Å². The average Bonchev–Trinajstić information content (AvgIpc) is 2.39. The Hall–Kier alpha value is -0.270. The topological polar surface area (TPSA) is 32.3 Å². The third-order valence-electron chi connectivity index (χ3n) is 4.18. The van der Waals surface area contributed by atoms with E-state index in [-0.39, 0.29) is 0 Å². The second kappa shape index (κ2) is 5.38. The summed E-state index contributed by atoms with van der Waals surface area (Å²) in [7, 11) is 0. The SMILES string of the molecule is Cc1ncnc2c1CCN(C1CCN(I)CC1)C2. The molecule has 2 aliphatic rings. The molecule has 98 valence electrons. The molecular formula is C13H19IN4. The summed E-state index contributed by atoms with van der Waals surface area (Å²) in [6.07, 6.45) is 5.42. The first kappa shape index (κ1) is 12.7. The van der Waals surface area contributed by atoms with Crippen molar-refractivity contribution in [1.82, 2.24) is 18.0 Å². The zero-order valence-corrected chi connectivity index (χ0v) is 12.9. The number of fused-ring (bicyclic) bond motifs is 1. The summed E-state index contributed by atoms with van der Waals surface area (Å²) >= 11 is 2.44. The van der Waals surface area contributed by atoms with Crippen molar-refractivity contribution < 1.29 is 0 Å². The normalized spacial score (nSPS) is 23.0. The maximum atomic E-state index is 4.48. The minimum Gasteiger partial charge on any atom is -0.294 e. The first-order valence-corrected chi connectivity index (χ1v) is 7.64. The highest BCUT2D eigenvalue weighted by molar-refractivity contribution is 14.1. The van der Waals surface area contributed by atoms with Gasteiger partial charge in [0.05, 0.1) is 5.69 Å². The van der Waals surface area contributed by atoms with Crippen LogP contribution in [0.5, 0.6) is 0 Å². The lowest BCUT2D eigenvalue weighted by Gasteiger charge is -2.38. The molecule has 0 aliphatic carbocycles. The van der Waals surface area contributed by atoms with E-state index in [0.29, 0.717) is 0 Å². The second-order valence-corrected chi connectivity index (χ2v) is 6.61. The van der Waals surface area contributed by atoms with Crippen LogP contribution in [0.15, 0.2) is 6.33 Å². The fraction of sp³-hybridized carbons (Fsp3) is 0.692. The van der Waals surface area contributed by atoms with Gasteiger partial charge in [-0.1, -0.05) is 0 Å². The zero-order chi connectivity index (χ0) is 12.5. The van der Waals surface area contributed by atoms with Gasteiger partial charge in [0, 0.05) is 60.8 Å². The maximum Gasteiger partial charge on any atom is 0.115 e. The fourth-order valence-corrected chi connectivity index (χ4v) is 3.61. The highest BCUT2D eigenvalue weighted by atomic mass is 127. The molecule has 0 spiro atoms. The van der Waals surface area contributed by atoms with Crippen molar-refractivity contribution in [2.24, 2.45) is 0 Å². The van der Waals surface area contributed by atoms with E-state index in [1.54, 1.807) is 6.33 Å². The molecule has 0 saturated carbocycles. The lowest BCUT2D eigenvalue weighted by Crippen LogP contribution is -2.44. The average molecular weight is 358 g/mol. The van der Waals surface area contributed by atoms with E-state index in [1.165, 1.54) is 49.4 Å². The van der Waals surface area contributed by atoms with E-state index in [0.717, 1.165) is 19.0 Å². The fourth-order valence-electron chi connectivity index (χ4n) is 3.05. The monoisotopic (exact) mass is 358 g/mol. The Morgan fingerprint density at radius 2 is 2.00 bits per heavy atom. The van der Waals surface area contributed by atoms with Crippen LogP contribution >= 0.6 is 22.9 Å². The molecule has 2 aliphatic heterocycles. The summed E-state index contributed by atoms with van der Waals surface area (Å²) in [6, 6.07) is 0.749. The van der Waals surface area contributed by atoms with Gasteiger partial charge in [0.1, 0.15) is 6.33 Å². The Morgan fingerprint density at radius 1 is 1.22 bits per heavy atom. The van der Waals surface area contributed by atoms with E-state index in [4.69, 9.17) is 0 Å². The smallest absolute Gasteiger partial charge is 0.115 e. The largest absolute Gasteiger partial charge is 0.294 e. The number of aryl methyl sites for hydroxylation is 1. The van der Waals surface area contributed by atoms with Crippen LogP contribution in [-0.2, 0) is 13.0 Å². The Labute approximate surface area is 122 Å². The van der Waals surface area contributed by atoms with Gasteiger partial charge in [0.25, 0.3) is 0 Å². The number of nitrogens with zero attached hydrogens (tertiary/aromatic N) is 4. The molecule has 4 nitrogen and oxygen atoms in total. The Bertz CT molecular complexity index is 429. The van der Waals surface area contributed by atoms with Crippen LogP contribution in [0.2, 0.25) is 0 Å². The number of halogens is 1. The highest BCUT2D eigenvalue weighted by Gasteiger charge is 2.27. The molecule has 0 amide bonds. The molecular weight excluding hydrogens is 339 g/mol.